The van der Waals surface area contributed by atoms with Gasteiger partial charge in [0.25, 0.3) is 0 Å². The molecule has 0 unspecified atom stereocenters. The second kappa shape index (κ2) is 4.96. The van der Waals surface area contributed by atoms with Gasteiger partial charge in [-0.15, -0.1) is 0 Å². The standard InChI is InChI=1S/C15H19N3O/c1-19-13-8-6-12(7-9-13)18-15(16)10-14(17-18)11-4-2-3-5-11/h6-11H,2-5,16H2,1H3. The zero-order valence-corrected chi connectivity index (χ0v) is 11.2. The summed E-state index contributed by atoms with van der Waals surface area (Å²) in [7, 11) is 1.66. The van der Waals surface area contributed by atoms with Gasteiger partial charge in [-0.2, -0.15) is 5.10 Å². The largest absolute Gasteiger partial charge is 0.497 e. The van der Waals surface area contributed by atoms with Crippen LogP contribution in [0.25, 0.3) is 5.69 Å². The van der Waals surface area contributed by atoms with Gasteiger partial charge in [-0.25, -0.2) is 4.68 Å². The van der Waals surface area contributed by atoms with E-state index in [1.165, 1.54) is 25.7 Å². The van der Waals surface area contributed by atoms with E-state index in [2.05, 4.69) is 5.10 Å². The number of rotatable bonds is 3. The Bertz CT molecular complexity index is 553. The summed E-state index contributed by atoms with van der Waals surface area (Å²) in [6, 6.07) is 9.80. The van der Waals surface area contributed by atoms with Crippen LogP contribution < -0.4 is 10.5 Å². The third-order valence-corrected chi connectivity index (χ3v) is 3.85. The second-order valence-electron chi connectivity index (χ2n) is 5.09. The highest BCUT2D eigenvalue weighted by atomic mass is 16.5. The predicted octanol–water partition coefficient (Wildman–Crippen LogP) is 3.12. The molecule has 1 saturated carbocycles. The first-order chi connectivity index (χ1) is 9.28. The van der Waals surface area contributed by atoms with Crippen LogP contribution in [0.15, 0.2) is 30.3 Å². The average molecular weight is 257 g/mol. The molecule has 0 saturated heterocycles. The van der Waals surface area contributed by atoms with Crippen LogP contribution in [0, 0.1) is 0 Å². The highest BCUT2D eigenvalue weighted by Crippen LogP contribution is 2.34. The molecule has 4 heteroatoms. The Hall–Kier alpha value is -1.97. The lowest BCUT2D eigenvalue weighted by molar-refractivity contribution is 0.414. The van der Waals surface area contributed by atoms with Crippen molar-refractivity contribution in [3.05, 3.63) is 36.0 Å². The van der Waals surface area contributed by atoms with Crippen molar-refractivity contribution in [2.45, 2.75) is 31.6 Å². The van der Waals surface area contributed by atoms with Crippen molar-refractivity contribution in [1.29, 1.82) is 0 Å². The summed E-state index contributed by atoms with van der Waals surface area (Å²) in [5, 5.41) is 4.67. The highest BCUT2D eigenvalue weighted by Gasteiger charge is 2.21. The van der Waals surface area contributed by atoms with E-state index < -0.39 is 0 Å². The van der Waals surface area contributed by atoms with Gasteiger partial charge in [-0.3, -0.25) is 0 Å². The Kier molecular flexibility index (Phi) is 3.15. The number of hydrogen-bond acceptors (Lipinski definition) is 3. The Morgan fingerprint density at radius 2 is 1.89 bits per heavy atom. The van der Waals surface area contributed by atoms with Crippen molar-refractivity contribution >= 4 is 5.82 Å². The molecule has 100 valence electrons. The molecule has 3 rings (SSSR count). The number of ether oxygens (including phenoxy) is 1. The molecular formula is C15H19N3O. The van der Waals surface area contributed by atoms with Crippen LogP contribution in [0.2, 0.25) is 0 Å². The summed E-state index contributed by atoms with van der Waals surface area (Å²) >= 11 is 0. The first-order valence-electron chi connectivity index (χ1n) is 6.78. The summed E-state index contributed by atoms with van der Waals surface area (Å²) in [4.78, 5) is 0. The lowest BCUT2D eigenvalue weighted by Crippen LogP contribution is -2.02. The van der Waals surface area contributed by atoms with E-state index in [-0.39, 0.29) is 0 Å². The van der Waals surface area contributed by atoms with Crippen molar-refractivity contribution in [2.75, 3.05) is 12.8 Å². The number of nitrogen functional groups attached to an aromatic ring is 1. The summed E-state index contributed by atoms with van der Waals surface area (Å²) in [5.74, 6) is 2.12. The Morgan fingerprint density at radius 1 is 1.21 bits per heavy atom. The molecule has 1 aliphatic rings. The molecule has 0 radical (unpaired) electrons. The molecule has 1 aromatic carbocycles. The van der Waals surface area contributed by atoms with E-state index in [1.54, 1.807) is 7.11 Å². The number of anilines is 1. The van der Waals surface area contributed by atoms with Crippen LogP contribution >= 0.6 is 0 Å². The fraction of sp³-hybridized carbons (Fsp3) is 0.400. The smallest absolute Gasteiger partial charge is 0.127 e. The normalized spacial score (nSPS) is 15.8. The molecule has 1 aliphatic carbocycles. The molecule has 1 fully saturated rings. The maximum absolute atomic E-state index is 6.08. The molecule has 1 heterocycles. The van der Waals surface area contributed by atoms with Crippen LogP contribution in [0.4, 0.5) is 5.82 Å². The minimum Gasteiger partial charge on any atom is -0.497 e. The fourth-order valence-corrected chi connectivity index (χ4v) is 2.77. The Labute approximate surface area is 113 Å². The summed E-state index contributed by atoms with van der Waals surface area (Å²) in [6.45, 7) is 0. The van der Waals surface area contributed by atoms with E-state index in [1.807, 2.05) is 35.0 Å². The third-order valence-electron chi connectivity index (χ3n) is 3.85. The lowest BCUT2D eigenvalue weighted by atomic mass is 10.1. The van der Waals surface area contributed by atoms with E-state index in [9.17, 15) is 0 Å². The molecule has 0 amide bonds. The SMILES string of the molecule is COc1ccc(-n2nc(C3CCCC3)cc2N)cc1. The van der Waals surface area contributed by atoms with Crippen LogP contribution in [0.5, 0.6) is 5.75 Å². The monoisotopic (exact) mass is 257 g/mol. The topological polar surface area (TPSA) is 53.1 Å². The van der Waals surface area contributed by atoms with Gasteiger partial charge in [-0.1, -0.05) is 12.8 Å². The molecule has 0 atom stereocenters. The number of methoxy groups -OCH3 is 1. The Balaban J connectivity index is 1.90. The van der Waals surface area contributed by atoms with Gasteiger partial charge >= 0.3 is 0 Å². The summed E-state index contributed by atoms with van der Waals surface area (Å²) in [6.07, 6.45) is 5.08. The zero-order chi connectivity index (χ0) is 13.2. The maximum Gasteiger partial charge on any atom is 0.127 e. The minimum atomic E-state index is 0.585. The molecule has 0 aliphatic heterocycles. The van der Waals surface area contributed by atoms with Crippen molar-refractivity contribution in [3.63, 3.8) is 0 Å². The average Bonchev–Trinajstić information content (AvgIpc) is 3.08. The highest BCUT2D eigenvalue weighted by molar-refractivity contribution is 5.45. The van der Waals surface area contributed by atoms with Crippen molar-refractivity contribution < 1.29 is 4.74 Å². The first-order valence-corrected chi connectivity index (χ1v) is 6.78. The van der Waals surface area contributed by atoms with Gasteiger partial charge in [0, 0.05) is 12.0 Å². The number of benzene rings is 1. The van der Waals surface area contributed by atoms with Crippen LogP contribution in [-0.4, -0.2) is 16.9 Å². The van der Waals surface area contributed by atoms with Crippen molar-refractivity contribution in [1.82, 2.24) is 9.78 Å². The van der Waals surface area contributed by atoms with Crippen molar-refractivity contribution in [3.8, 4) is 11.4 Å². The van der Waals surface area contributed by atoms with Gasteiger partial charge in [0.2, 0.25) is 0 Å². The molecular weight excluding hydrogens is 238 g/mol. The lowest BCUT2D eigenvalue weighted by Gasteiger charge is -2.06. The molecule has 0 spiro atoms. The molecule has 2 aromatic rings. The van der Waals surface area contributed by atoms with E-state index >= 15 is 0 Å². The van der Waals surface area contributed by atoms with E-state index in [0.717, 1.165) is 17.1 Å². The molecule has 4 nitrogen and oxygen atoms in total. The van der Waals surface area contributed by atoms with Gasteiger partial charge in [-0.05, 0) is 37.1 Å². The van der Waals surface area contributed by atoms with Gasteiger partial charge in [0.1, 0.15) is 11.6 Å². The number of nitrogens with two attached hydrogens (primary N) is 1. The van der Waals surface area contributed by atoms with Crippen LogP contribution in [0.3, 0.4) is 0 Å². The number of hydrogen-bond donors (Lipinski definition) is 1. The Morgan fingerprint density at radius 3 is 2.53 bits per heavy atom. The van der Waals surface area contributed by atoms with Crippen LogP contribution in [0.1, 0.15) is 37.3 Å². The van der Waals surface area contributed by atoms with Gasteiger partial charge in [0.15, 0.2) is 0 Å². The van der Waals surface area contributed by atoms with E-state index in [4.69, 9.17) is 10.5 Å². The van der Waals surface area contributed by atoms with E-state index in [0.29, 0.717) is 11.7 Å². The summed E-state index contributed by atoms with van der Waals surface area (Å²) < 4.78 is 6.97. The maximum atomic E-state index is 6.08. The molecule has 2 N–H and O–H groups in total. The number of aromatic nitrogens is 2. The van der Waals surface area contributed by atoms with Crippen molar-refractivity contribution in [2.24, 2.45) is 0 Å². The fourth-order valence-electron chi connectivity index (χ4n) is 2.77. The van der Waals surface area contributed by atoms with Gasteiger partial charge in [0.05, 0.1) is 18.5 Å². The minimum absolute atomic E-state index is 0.585. The third kappa shape index (κ3) is 2.30. The molecule has 19 heavy (non-hydrogen) atoms. The first kappa shape index (κ1) is 12.1. The zero-order valence-electron chi connectivity index (χ0n) is 11.2. The predicted molar refractivity (Wildman–Crippen MR) is 75.7 cm³/mol. The molecule has 1 aromatic heterocycles. The summed E-state index contributed by atoms with van der Waals surface area (Å²) in [5.41, 5.74) is 8.19. The quantitative estimate of drug-likeness (QED) is 0.919. The van der Waals surface area contributed by atoms with Crippen LogP contribution in [-0.2, 0) is 0 Å². The molecule has 0 bridgehead atoms. The second-order valence-corrected chi connectivity index (χ2v) is 5.09. The van der Waals surface area contributed by atoms with Gasteiger partial charge < -0.3 is 10.5 Å². The number of nitrogens with zero attached hydrogens (tertiary/aromatic N) is 2.